The average Bonchev–Trinajstić information content (AvgIpc) is 2.43. The minimum absolute atomic E-state index is 0.0166. The lowest BCUT2D eigenvalue weighted by molar-refractivity contribution is -0.273. The number of hydrogen-bond donors (Lipinski definition) is 0. The third kappa shape index (κ3) is 2.95. The molecule has 0 N–H and O–H groups in total. The number of benzene rings is 1. The molecule has 0 amide bonds. The van der Waals surface area contributed by atoms with E-state index in [-0.39, 0.29) is 11.2 Å². The van der Waals surface area contributed by atoms with Gasteiger partial charge >= 0.3 is 0 Å². The highest BCUT2D eigenvalue weighted by Crippen LogP contribution is 2.50. The molecule has 3 atom stereocenters. The maximum absolute atomic E-state index is 6.28. The van der Waals surface area contributed by atoms with Crippen LogP contribution in [-0.2, 0) is 16.1 Å². The van der Waals surface area contributed by atoms with E-state index in [2.05, 4.69) is 26.8 Å². The Morgan fingerprint density at radius 3 is 2.76 bits per heavy atom. The highest BCUT2D eigenvalue weighted by atomic mass is 16.5. The van der Waals surface area contributed by atoms with Crippen molar-refractivity contribution in [3.8, 4) is 5.75 Å². The number of ether oxygens (including phenoxy) is 3. The van der Waals surface area contributed by atoms with Gasteiger partial charge in [0.05, 0.1) is 31.0 Å². The van der Waals surface area contributed by atoms with Crippen LogP contribution in [0.5, 0.6) is 5.75 Å². The van der Waals surface area contributed by atoms with Gasteiger partial charge in [-0.25, -0.2) is 0 Å². The van der Waals surface area contributed by atoms with Crippen molar-refractivity contribution in [2.75, 3.05) is 7.11 Å². The molecule has 2 saturated heterocycles. The van der Waals surface area contributed by atoms with Gasteiger partial charge in [-0.15, -0.1) is 0 Å². The molecule has 2 bridgehead atoms. The first kappa shape index (κ1) is 14.9. The van der Waals surface area contributed by atoms with Crippen LogP contribution in [-0.4, -0.2) is 24.4 Å². The minimum Gasteiger partial charge on any atom is -0.497 e. The first-order chi connectivity index (χ1) is 9.92. The van der Waals surface area contributed by atoms with Crippen LogP contribution in [0.2, 0.25) is 0 Å². The van der Waals surface area contributed by atoms with Crippen molar-refractivity contribution in [3.05, 3.63) is 29.8 Å². The van der Waals surface area contributed by atoms with Crippen LogP contribution in [0.3, 0.4) is 0 Å². The molecular formula is C18H26O3. The number of rotatable bonds is 4. The van der Waals surface area contributed by atoms with Gasteiger partial charge in [0.1, 0.15) is 5.75 Å². The van der Waals surface area contributed by atoms with Crippen molar-refractivity contribution in [3.63, 3.8) is 0 Å². The molecule has 3 heteroatoms. The summed E-state index contributed by atoms with van der Waals surface area (Å²) in [5.41, 5.74) is 1.07. The van der Waals surface area contributed by atoms with Gasteiger partial charge in [-0.3, -0.25) is 0 Å². The van der Waals surface area contributed by atoms with Gasteiger partial charge in [0.15, 0.2) is 0 Å². The van der Waals surface area contributed by atoms with E-state index in [1.165, 1.54) is 12.0 Å². The van der Waals surface area contributed by atoms with Crippen LogP contribution in [0.25, 0.3) is 0 Å². The van der Waals surface area contributed by atoms with Crippen LogP contribution in [0.4, 0.5) is 0 Å². The summed E-state index contributed by atoms with van der Waals surface area (Å²) in [6.07, 6.45) is 3.65. The van der Waals surface area contributed by atoms with Crippen LogP contribution in [0, 0.1) is 5.92 Å². The van der Waals surface area contributed by atoms with Crippen molar-refractivity contribution in [1.82, 2.24) is 0 Å². The molecule has 1 aromatic carbocycles. The molecule has 0 radical (unpaired) electrons. The Labute approximate surface area is 127 Å². The van der Waals surface area contributed by atoms with E-state index in [9.17, 15) is 0 Å². The molecular weight excluding hydrogens is 264 g/mol. The molecule has 116 valence electrons. The lowest BCUT2D eigenvalue weighted by Gasteiger charge is -2.57. The number of hydrogen-bond acceptors (Lipinski definition) is 3. The van der Waals surface area contributed by atoms with E-state index >= 15 is 0 Å². The lowest BCUT2D eigenvalue weighted by Crippen LogP contribution is -2.60. The minimum atomic E-state index is -0.0791. The monoisotopic (exact) mass is 290 g/mol. The molecule has 0 aromatic heterocycles. The van der Waals surface area contributed by atoms with Crippen molar-refractivity contribution >= 4 is 0 Å². The summed E-state index contributed by atoms with van der Waals surface area (Å²) in [4.78, 5) is 0. The molecule has 0 spiro atoms. The zero-order valence-electron chi connectivity index (χ0n) is 13.5. The van der Waals surface area contributed by atoms with E-state index in [1.807, 2.05) is 18.2 Å². The maximum atomic E-state index is 6.28. The molecule has 1 aliphatic carbocycles. The third-order valence-corrected chi connectivity index (χ3v) is 5.07. The van der Waals surface area contributed by atoms with Gasteiger partial charge in [0, 0.05) is 12.3 Å². The Morgan fingerprint density at radius 2 is 2.10 bits per heavy atom. The molecule has 4 rings (SSSR count). The molecule has 1 aromatic rings. The fraction of sp³-hybridized carbons (Fsp3) is 0.667. The van der Waals surface area contributed by atoms with Crippen LogP contribution in [0.1, 0.15) is 45.6 Å². The lowest BCUT2D eigenvalue weighted by atomic mass is 9.67. The predicted molar refractivity (Wildman–Crippen MR) is 82.5 cm³/mol. The second kappa shape index (κ2) is 5.29. The average molecular weight is 290 g/mol. The SMILES string of the molecule is COc1cccc(CO[C@H]2C[C@@]3(C)CC[C@@H]2C(C)(C)O3)c1. The van der Waals surface area contributed by atoms with E-state index in [0.717, 1.165) is 18.6 Å². The van der Waals surface area contributed by atoms with Crippen LogP contribution in [0.15, 0.2) is 24.3 Å². The Hall–Kier alpha value is -1.06. The van der Waals surface area contributed by atoms with Crippen molar-refractivity contribution in [1.29, 1.82) is 0 Å². The first-order valence-electron chi connectivity index (χ1n) is 7.87. The Kier molecular flexibility index (Phi) is 3.74. The zero-order chi connectivity index (χ0) is 15.1. The van der Waals surface area contributed by atoms with Crippen LogP contribution < -0.4 is 4.74 Å². The largest absolute Gasteiger partial charge is 0.497 e. The molecule has 2 aliphatic heterocycles. The van der Waals surface area contributed by atoms with Gasteiger partial charge in [-0.2, -0.15) is 0 Å². The standard InChI is InChI=1S/C18H26O3/c1-17(2)15-8-9-18(3,21-17)11-16(15)20-12-13-6-5-7-14(10-13)19-4/h5-7,10,15-16H,8-9,11-12H2,1-4H3/t15-,16-,18+/m0/s1. The third-order valence-electron chi connectivity index (χ3n) is 5.07. The van der Waals surface area contributed by atoms with E-state index in [4.69, 9.17) is 14.2 Å². The fourth-order valence-corrected chi connectivity index (χ4v) is 4.06. The fourth-order valence-electron chi connectivity index (χ4n) is 4.06. The van der Waals surface area contributed by atoms with Crippen molar-refractivity contribution in [2.45, 2.75) is 63.9 Å². The van der Waals surface area contributed by atoms with Crippen molar-refractivity contribution < 1.29 is 14.2 Å². The normalized spacial score (nSPS) is 33.9. The summed E-state index contributed by atoms with van der Waals surface area (Å²) in [5.74, 6) is 1.38. The quantitative estimate of drug-likeness (QED) is 0.840. The molecule has 2 heterocycles. The van der Waals surface area contributed by atoms with Gasteiger partial charge in [-0.1, -0.05) is 12.1 Å². The Morgan fingerprint density at radius 1 is 1.29 bits per heavy atom. The van der Waals surface area contributed by atoms with Gasteiger partial charge in [-0.05, 0) is 51.3 Å². The summed E-state index contributed by atoms with van der Waals surface area (Å²) in [7, 11) is 1.70. The highest BCUT2D eigenvalue weighted by Gasteiger charge is 2.53. The summed E-state index contributed by atoms with van der Waals surface area (Å²) in [5, 5.41) is 0. The molecule has 3 nitrogen and oxygen atoms in total. The first-order valence-corrected chi connectivity index (χ1v) is 7.87. The molecule has 1 saturated carbocycles. The van der Waals surface area contributed by atoms with Gasteiger partial charge in [0.2, 0.25) is 0 Å². The second-order valence-electron chi connectivity index (χ2n) is 7.21. The topological polar surface area (TPSA) is 27.7 Å². The van der Waals surface area contributed by atoms with E-state index < -0.39 is 0 Å². The molecule has 3 aliphatic rings. The Balaban J connectivity index is 1.68. The van der Waals surface area contributed by atoms with Gasteiger partial charge < -0.3 is 14.2 Å². The maximum Gasteiger partial charge on any atom is 0.119 e. The smallest absolute Gasteiger partial charge is 0.119 e. The molecule has 3 fully saturated rings. The van der Waals surface area contributed by atoms with Crippen molar-refractivity contribution in [2.24, 2.45) is 5.92 Å². The molecule has 0 unspecified atom stereocenters. The summed E-state index contributed by atoms with van der Waals surface area (Å²) >= 11 is 0. The van der Waals surface area contributed by atoms with E-state index in [1.54, 1.807) is 7.11 Å². The predicted octanol–water partition coefficient (Wildman–Crippen LogP) is 3.95. The number of fused-ring (bicyclic) bond motifs is 3. The summed E-state index contributed by atoms with van der Waals surface area (Å²) in [6.45, 7) is 7.28. The van der Waals surface area contributed by atoms with E-state index in [0.29, 0.717) is 18.6 Å². The van der Waals surface area contributed by atoms with Gasteiger partial charge in [0.25, 0.3) is 0 Å². The van der Waals surface area contributed by atoms with Crippen LogP contribution >= 0.6 is 0 Å². The Bertz CT molecular complexity index is 508. The second-order valence-corrected chi connectivity index (χ2v) is 7.21. The number of methoxy groups -OCH3 is 1. The zero-order valence-corrected chi connectivity index (χ0v) is 13.5. The molecule has 21 heavy (non-hydrogen) atoms. The summed E-state index contributed by atoms with van der Waals surface area (Å²) < 4.78 is 17.8. The highest BCUT2D eigenvalue weighted by molar-refractivity contribution is 5.27. The summed E-state index contributed by atoms with van der Waals surface area (Å²) in [6, 6.07) is 8.11.